The van der Waals surface area contributed by atoms with Crippen molar-refractivity contribution >= 4 is 5.69 Å². The molecule has 19 heavy (non-hydrogen) atoms. The molecular weight excluding hydrogens is 238 g/mol. The molecule has 0 radical (unpaired) electrons. The summed E-state index contributed by atoms with van der Waals surface area (Å²) >= 11 is 0. The SMILES string of the molecule is CC(C)N1CCN(c2ccc(CCON)cc2)CC1. The van der Waals surface area contributed by atoms with Crippen LogP contribution in [0.1, 0.15) is 19.4 Å². The van der Waals surface area contributed by atoms with Crippen molar-refractivity contribution in [2.75, 3.05) is 37.7 Å². The summed E-state index contributed by atoms with van der Waals surface area (Å²) in [6.45, 7) is 9.65. The van der Waals surface area contributed by atoms with Gasteiger partial charge in [-0.25, -0.2) is 5.90 Å². The Labute approximate surface area is 116 Å². The number of benzene rings is 1. The van der Waals surface area contributed by atoms with Gasteiger partial charge in [-0.2, -0.15) is 0 Å². The first-order valence-corrected chi connectivity index (χ1v) is 7.10. The van der Waals surface area contributed by atoms with Crippen LogP contribution in [0.5, 0.6) is 0 Å². The predicted octanol–water partition coefficient (Wildman–Crippen LogP) is 1.65. The average Bonchev–Trinajstić information content (AvgIpc) is 2.46. The van der Waals surface area contributed by atoms with E-state index in [4.69, 9.17) is 5.90 Å². The summed E-state index contributed by atoms with van der Waals surface area (Å²) in [6, 6.07) is 9.40. The lowest BCUT2D eigenvalue weighted by Gasteiger charge is -2.38. The van der Waals surface area contributed by atoms with Crippen LogP contribution in [0.4, 0.5) is 5.69 Å². The van der Waals surface area contributed by atoms with Crippen LogP contribution >= 0.6 is 0 Å². The highest BCUT2D eigenvalue weighted by molar-refractivity contribution is 5.48. The van der Waals surface area contributed by atoms with Crippen LogP contribution in [-0.2, 0) is 11.3 Å². The second-order valence-electron chi connectivity index (χ2n) is 5.40. The highest BCUT2D eigenvalue weighted by Gasteiger charge is 2.18. The van der Waals surface area contributed by atoms with E-state index in [0.717, 1.165) is 32.6 Å². The number of hydrogen-bond donors (Lipinski definition) is 1. The van der Waals surface area contributed by atoms with E-state index in [1.54, 1.807) is 0 Å². The molecule has 2 rings (SSSR count). The standard InChI is InChI=1S/C15H25N3O/c1-13(2)17-8-10-18(11-9-17)15-5-3-14(4-6-15)7-12-19-16/h3-6,13H,7-12,16H2,1-2H3. The van der Waals surface area contributed by atoms with Gasteiger partial charge in [0, 0.05) is 37.9 Å². The zero-order valence-corrected chi connectivity index (χ0v) is 12.0. The maximum Gasteiger partial charge on any atom is 0.0719 e. The second-order valence-corrected chi connectivity index (χ2v) is 5.40. The minimum atomic E-state index is 0.576. The Bertz CT molecular complexity index is 369. The molecule has 1 saturated heterocycles. The zero-order chi connectivity index (χ0) is 13.7. The van der Waals surface area contributed by atoms with Crippen molar-refractivity contribution in [3.8, 4) is 0 Å². The van der Waals surface area contributed by atoms with Gasteiger partial charge in [0.1, 0.15) is 0 Å². The Morgan fingerprint density at radius 1 is 1.11 bits per heavy atom. The highest BCUT2D eigenvalue weighted by atomic mass is 16.6. The molecule has 0 saturated carbocycles. The van der Waals surface area contributed by atoms with Crippen molar-refractivity contribution in [2.45, 2.75) is 26.3 Å². The van der Waals surface area contributed by atoms with E-state index in [9.17, 15) is 0 Å². The number of hydrogen-bond acceptors (Lipinski definition) is 4. The number of rotatable bonds is 5. The summed E-state index contributed by atoms with van der Waals surface area (Å²) in [4.78, 5) is 9.60. The Morgan fingerprint density at radius 2 is 1.74 bits per heavy atom. The molecule has 0 amide bonds. The van der Waals surface area contributed by atoms with Crippen LogP contribution in [0, 0.1) is 0 Å². The van der Waals surface area contributed by atoms with Crippen molar-refractivity contribution in [3.05, 3.63) is 29.8 Å². The molecule has 1 heterocycles. The fraction of sp³-hybridized carbons (Fsp3) is 0.600. The van der Waals surface area contributed by atoms with Crippen molar-refractivity contribution in [1.29, 1.82) is 0 Å². The molecule has 1 aliphatic rings. The first kappa shape index (κ1) is 14.3. The van der Waals surface area contributed by atoms with E-state index < -0.39 is 0 Å². The second kappa shape index (κ2) is 6.89. The zero-order valence-electron chi connectivity index (χ0n) is 12.0. The molecule has 0 spiro atoms. The smallest absolute Gasteiger partial charge is 0.0719 e. The first-order valence-electron chi connectivity index (χ1n) is 7.10. The third-order valence-electron chi connectivity index (χ3n) is 3.85. The van der Waals surface area contributed by atoms with Crippen molar-refractivity contribution in [3.63, 3.8) is 0 Å². The summed E-state index contributed by atoms with van der Waals surface area (Å²) < 4.78 is 0. The van der Waals surface area contributed by atoms with Crippen molar-refractivity contribution in [1.82, 2.24) is 4.90 Å². The maximum absolute atomic E-state index is 5.05. The van der Waals surface area contributed by atoms with E-state index >= 15 is 0 Å². The molecule has 0 aliphatic carbocycles. The summed E-state index contributed by atoms with van der Waals surface area (Å²) in [7, 11) is 0. The molecule has 4 heteroatoms. The molecule has 0 atom stereocenters. The molecule has 0 aromatic heterocycles. The van der Waals surface area contributed by atoms with Crippen molar-refractivity contribution in [2.24, 2.45) is 5.90 Å². The van der Waals surface area contributed by atoms with Gasteiger partial charge in [0.15, 0.2) is 0 Å². The maximum atomic E-state index is 5.05. The Hall–Kier alpha value is -1.10. The molecule has 1 fully saturated rings. The molecule has 106 valence electrons. The van der Waals surface area contributed by atoms with Crippen LogP contribution in [0.2, 0.25) is 0 Å². The van der Waals surface area contributed by atoms with Crippen LogP contribution in [0.3, 0.4) is 0 Å². The first-order chi connectivity index (χ1) is 9.20. The lowest BCUT2D eigenvalue weighted by molar-refractivity contribution is 0.141. The van der Waals surface area contributed by atoms with Gasteiger partial charge < -0.3 is 9.74 Å². The monoisotopic (exact) mass is 263 g/mol. The number of nitrogens with two attached hydrogens (primary N) is 1. The molecule has 0 unspecified atom stereocenters. The minimum absolute atomic E-state index is 0.576. The fourth-order valence-corrected chi connectivity index (χ4v) is 2.55. The van der Waals surface area contributed by atoms with Gasteiger partial charge in [-0.1, -0.05) is 12.1 Å². The fourth-order valence-electron chi connectivity index (χ4n) is 2.55. The van der Waals surface area contributed by atoms with Gasteiger partial charge in [-0.05, 0) is 38.0 Å². The van der Waals surface area contributed by atoms with E-state index in [2.05, 4.69) is 52.8 Å². The average molecular weight is 263 g/mol. The molecule has 1 aromatic rings. The molecule has 1 aliphatic heterocycles. The van der Waals surface area contributed by atoms with Crippen molar-refractivity contribution < 1.29 is 4.84 Å². The predicted molar refractivity (Wildman–Crippen MR) is 79.2 cm³/mol. The summed E-state index contributed by atoms with van der Waals surface area (Å²) in [5.41, 5.74) is 2.59. The van der Waals surface area contributed by atoms with Gasteiger partial charge in [-0.3, -0.25) is 4.90 Å². The summed E-state index contributed by atoms with van der Waals surface area (Å²) in [6.07, 6.45) is 0.873. The van der Waals surface area contributed by atoms with Gasteiger partial charge in [0.25, 0.3) is 0 Å². The minimum Gasteiger partial charge on any atom is -0.369 e. The van der Waals surface area contributed by atoms with Crippen LogP contribution < -0.4 is 10.8 Å². The van der Waals surface area contributed by atoms with Gasteiger partial charge in [-0.15, -0.1) is 0 Å². The summed E-state index contributed by atoms with van der Waals surface area (Å²) in [5, 5.41) is 0. The number of nitrogens with zero attached hydrogens (tertiary/aromatic N) is 2. The van der Waals surface area contributed by atoms with Gasteiger partial charge in [0.05, 0.1) is 6.61 Å². The van der Waals surface area contributed by atoms with E-state index in [1.165, 1.54) is 11.3 Å². The molecular formula is C15H25N3O. The Morgan fingerprint density at radius 3 is 2.26 bits per heavy atom. The van der Waals surface area contributed by atoms with Gasteiger partial charge >= 0.3 is 0 Å². The molecule has 0 bridgehead atoms. The van der Waals surface area contributed by atoms with Gasteiger partial charge in [0.2, 0.25) is 0 Å². The number of anilines is 1. The highest BCUT2D eigenvalue weighted by Crippen LogP contribution is 2.18. The largest absolute Gasteiger partial charge is 0.369 e. The van der Waals surface area contributed by atoms with E-state index in [1.807, 2.05) is 0 Å². The third-order valence-corrected chi connectivity index (χ3v) is 3.85. The normalized spacial score (nSPS) is 17.2. The van der Waals surface area contributed by atoms with Crippen LogP contribution in [0.25, 0.3) is 0 Å². The van der Waals surface area contributed by atoms with E-state index in [-0.39, 0.29) is 0 Å². The lowest BCUT2D eigenvalue weighted by Crippen LogP contribution is -2.48. The Balaban J connectivity index is 1.89. The number of piperazine rings is 1. The molecule has 2 N–H and O–H groups in total. The van der Waals surface area contributed by atoms with Crippen LogP contribution in [-0.4, -0.2) is 43.7 Å². The molecule has 1 aromatic carbocycles. The molecule has 4 nitrogen and oxygen atoms in total. The van der Waals surface area contributed by atoms with E-state index in [0.29, 0.717) is 12.6 Å². The topological polar surface area (TPSA) is 41.7 Å². The third kappa shape index (κ3) is 3.93. The quantitative estimate of drug-likeness (QED) is 0.820. The van der Waals surface area contributed by atoms with Crippen LogP contribution in [0.15, 0.2) is 24.3 Å². The lowest BCUT2D eigenvalue weighted by atomic mass is 10.1. The Kier molecular flexibility index (Phi) is 5.19. The summed E-state index contributed by atoms with van der Waals surface area (Å²) in [5.74, 6) is 5.05.